The molecule has 0 bridgehead atoms. The van der Waals surface area contributed by atoms with Gasteiger partial charge in [0.1, 0.15) is 5.69 Å². The first-order valence-electron chi connectivity index (χ1n) is 6.75. The van der Waals surface area contributed by atoms with Crippen molar-refractivity contribution in [1.29, 1.82) is 0 Å². The molecule has 1 N–H and O–H groups in total. The van der Waals surface area contributed by atoms with E-state index in [1.807, 2.05) is 12.1 Å². The molecule has 0 amide bonds. The summed E-state index contributed by atoms with van der Waals surface area (Å²) in [6, 6.07) is 11.9. The fourth-order valence-corrected chi connectivity index (χ4v) is 2.69. The summed E-state index contributed by atoms with van der Waals surface area (Å²) in [6.07, 6.45) is 3.81. The molecule has 0 aliphatic carbocycles. The molecule has 20 heavy (non-hydrogen) atoms. The Labute approximate surface area is 117 Å². The molecule has 0 saturated heterocycles. The third-order valence-electron chi connectivity index (χ3n) is 3.62. The number of aromatic nitrogens is 1. The molecule has 1 aromatic heterocycles. The zero-order valence-electron chi connectivity index (χ0n) is 11.1. The van der Waals surface area contributed by atoms with Gasteiger partial charge in [0.05, 0.1) is 0 Å². The van der Waals surface area contributed by atoms with Gasteiger partial charge in [0.25, 0.3) is 0 Å². The number of rotatable bonds is 3. The average molecular weight is 268 g/mol. The van der Waals surface area contributed by atoms with Crippen LogP contribution >= 0.6 is 0 Å². The maximum atomic E-state index is 11.0. The number of hydrogen-bond donors (Lipinski definition) is 1. The van der Waals surface area contributed by atoms with Crippen LogP contribution in [0.5, 0.6) is 0 Å². The molecule has 1 aromatic carbocycles. The first-order chi connectivity index (χ1) is 9.74. The summed E-state index contributed by atoms with van der Waals surface area (Å²) in [5.41, 5.74) is 3.71. The zero-order chi connectivity index (χ0) is 13.9. The number of fused-ring (bicyclic) bond motifs is 1. The highest BCUT2D eigenvalue weighted by Crippen LogP contribution is 2.27. The lowest BCUT2D eigenvalue weighted by Crippen LogP contribution is -2.28. The summed E-state index contributed by atoms with van der Waals surface area (Å²) < 4.78 is 0. The molecule has 3 rings (SSSR count). The van der Waals surface area contributed by atoms with Gasteiger partial charge in [-0.05, 0) is 42.2 Å². The summed E-state index contributed by atoms with van der Waals surface area (Å²) in [6.45, 7) is 1.72. The van der Waals surface area contributed by atoms with Crippen molar-refractivity contribution in [2.75, 3.05) is 11.4 Å². The normalized spacial score (nSPS) is 13.9. The van der Waals surface area contributed by atoms with E-state index in [2.05, 4.69) is 28.1 Å². The van der Waals surface area contributed by atoms with Crippen molar-refractivity contribution in [3.8, 4) is 0 Å². The van der Waals surface area contributed by atoms with Crippen LogP contribution < -0.4 is 4.90 Å². The molecule has 1 aliphatic heterocycles. The Hall–Kier alpha value is -2.36. The predicted octanol–water partition coefficient (Wildman–Crippen LogP) is 2.73. The second-order valence-corrected chi connectivity index (χ2v) is 5.01. The van der Waals surface area contributed by atoms with Crippen LogP contribution in [0.2, 0.25) is 0 Å². The SMILES string of the molecule is O=C(O)c1cc(CN2CCCc3ccccc32)ccn1. The largest absolute Gasteiger partial charge is 0.477 e. The van der Waals surface area contributed by atoms with Crippen LogP contribution in [-0.2, 0) is 13.0 Å². The van der Waals surface area contributed by atoms with Crippen molar-refractivity contribution in [3.05, 3.63) is 59.4 Å². The molecule has 0 radical (unpaired) electrons. The van der Waals surface area contributed by atoms with Gasteiger partial charge in [0.2, 0.25) is 0 Å². The smallest absolute Gasteiger partial charge is 0.354 e. The second kappa shape index (κ2) is 5.33. The van der Waals surface area contributed by atoms with Gasteiger partial charge >= 0.3 is 5.97 Å². The van der Waals surface area contributed by atoms with Crippen LogP contribution in [0.15, 0.2) is 42.6 Å². The van der Waals surface area contributed by atoms with Gasteiger partial charge in [-0.25, -0.2) is 9.78 Å². The molecule has 4 heteroatoms. The highest BCUT2D eigenvalue weighted by atomic mass is 16.4. The Bertz CT molecular complexity index is 640. The summed E-state index contributed by atoms with van der Waals surface area (Å²) in [4.78, 5) is 17.1. The number of aromatic carboxylic acids is 1. The highest BCUT2D eigenvalue weighted by molar-refractivity contribution is 5.85. The lowest BCUT2D eigenvalue weighted by atomic mass is 10.0. The number of pyridine rings is 1. The monoisotopic (exact) mass is 268 g/mol. The van der Waals surface area contributed by atoms with Crippen molar-refractivity contribution in [1.82, 2.24) is 4.98 Å². The van der Waals surface area contributed by atoms with Gasteiger partial charge in [0.15, 0.2) is 0 Å². The number of anilines is 1. The van der Waals surface area contributed by atoms with E-state index in [4.69, 9.17) is 5.11 Å². The molecule has 102 valence electrons. The van der Waals surface area contributed by atoms with Crippen LogP contribution in [0, 0.1) is 0 Å². The van der Waals surface area contributed by atoms with Crippen LogP contribution in [0.25, 0.3) is 0 Å². The first kappa shape index (κ1) is 12.7. The topological polar surface area (TPSA) is 53.4 Å². The summed E-state index contributed by atoms with van der Waals surface area (Å²) in [5, 5.41) is 9.00. The van der Waals surface area contributed by atoms with E-state index in [0.29, 0.717) is 0 Å². The number of carboxylic acids is 1. The van der Waals surface area contributed by atoms with Crippen molar-refractivity contribution >= 4 is 11.7 Å². The standard InChI is InChI=1S/C16H16N2O2/c19-16(20)14-10-12(7-8-17-14)11-18-9-3-5-13-4-1-2-6-15(13)18/h1-2,4,6-8,10H,3,5,9,11H2,(H,19,20). The number of benzene rings is 1. The van der Waals surface area contributed by atoms with Gasteiger partial charge in [-0.2, -0.15) is 0 Å². The van der Waals surface area contributed by atoms with Gasteiger partial charge < -0.3 is 10.0 Å². The molecular formula is C16H16N2O2. The molecule has 0 fully saturated rings. The van der Waals surface area contributed by atoms with Gasteiger partial charge in [-0.15, -0.1) is 0 Å². The minimum absolute atomic E-state index is 0.104. The molecule has 1 aliphatic rings. The minimum atomic E-state index is -0.981. The number of carbonyl (C=O) groups is 1. The third kappa shape index (κ3) is 2.50. The van der Waals surface area contributed by atoms with Crippen LogP contribution in [-0.4, -0.2) is 22.6 Å². The summed E-state index contributed by atoms with van der Waals surface area (Å²) in [5.74, 6) is -0.981. The number of aryl methyl sites for hydroxylation is 1. The maximum absolute atomic E-state index is 11.0. The van der Waals surface area contributed by atoms with Crippen LogP contribution in [0.4, 0.5) is 5.69 Å². The van der Waals surface area contributed by atoms with Crippen molar-refractivity contribution in [2.45, 2.75) is 19.4 Å². The number of nitrogens with zero attached hydrogens (tertiary/aromatic N) is 2. The van der Waals surface area contributed by atoms with Crippen molar-refractivity contribution in [2.24, 2.45) is 0 Å². The van der Waals surface area contributed by atoms with Gasteiger partial charge in [-0.3, -0.25) is 0 Å². The number of carboxylic acid groups (broad SMARTS) is 1. The third-order valence-corrected chi connectivity index (χ3v) is 3.62. The number of para-hydroxylation sites is 1. The van der Waals surface area contributed by atoms with Gasteiger partial charge in [-0.1, -0.05) is 18.2 Å². The van der Waals surface area contributed by atoms with Crippen molar-refractivity contribution in [3.63, 3.8) is 0 Å². The van der Waals surface area contributed by atoms with E-state index >= 15 is 0 Å². The number of hydrogen-bond acceptors (Lipinski definition) is 3. The Morgan fingerprint density at radius 1 is 1.30 bits per heavy atom. The maximum Gasteiger partial charge on any atom is 0.354 e. The van der Waals surface area contributed by atoms with Crippen LogP contribution in [0.1, 0.15) is 28.0 Å². The first-order valence-corrected chi connectivity index (χ1v) is 6.75. The Balaban J connectivity index is 1.85. The molecule has 0 atom stereocenters. The lowest BCUT2D eigenvalue weighted by molar-refractivity contribution is 0.0690. The van der Waals surface area contributed by atoms with E-state index in [1.165, 1.54) is 11.3 Å². The highest BCUT2D eigenvalue weighted by Gasteiger charge is 2.16. The Morgan fingerprint density at radius 2 is 2.15 bits per heavy atom. The van der Waals surface area contributed by atoms with E-state index in [0.717, 1.165) is 31.5 Å². The molecule has 4 nitrogen and oxygen atoms in total. The molecule has 2 aromatic rings. The molecule has 0 spiro atoms. The fourth-order valence-electron chi connectivity index (χ4n) is 2.69. The van der Waals surface area contributed by atoms with E-state index in [-0.39, 0.29) is 5.69 Å². The fraction of sp³-hybridized carbons (Fsp3) is 0.250. The molecule has 0 saturated carbocycles. The quantitative estimate of drug-likeness (QED) is 0.930. The van der Waals surface area contributed by atoms with E-state index in [1.54, 1.807) is 12.3 Å². The predicted molar refractivity (Wildman–Crippen MR) is 77.0 cm³/mol. The average Bonchev–Trinajstić information content (AvgIpc) is 2.48. The Kier molecular flexibility index (Phi) is 3.37. The van der Waals surface area contributed by atoms with E-state index in [9.17, 15) is 4.79 Å². The van der Waals surface area contributed by atoms with Gasteiger partial charge in [0, 0.05) is 25.0 Å². The molecule has 2 heterocycles. The summed E-state index contributed by atoms with van der Waals surface area (Å²) >= 11 is 0. The van der Waals surface area contributed by atoms with Crippen molar-refractivity contribution < 1.29 is 9.90 Å². The second-order valence-electron chi connectivity index (χ2n) is 5.01. The van der Waals surface area contributed by atoms with Crippen LogP contribution in [0.3, 0.4) is 0 Å². The lowest BCUT2D eigenvalue weighted by Gasteiger charge is -2.31. The molecule has 0 unspecified atom stereocenters. The Morgan fingerprint density at radius 3 is 3.00 bits per heavy atom. The zero-order valence-corrected chi connectivity index (χ0v) is 11.1. The molecular weight excluding hydrogens is 252 g/mol. The minimum Gasteiger partial charge on any atom is -0.477 e. The van der Waals surface area contributed by atoms with E-state index < -0.39 is 5.97 Å². The summed E-state index contributed by atoms with van der Waals surface area (Å²) in [7, 11) is 0.